The van der Waals surface area contributed by atoms with Gasteiger partial charge in [-0.3, -0.25) is 14.4 Å². The summed E-state index contributed by atoms with van der Waals surface area (Å²) in [6.45, 7) is 6.33. The molecule has 0 aromatic heterocycles. The van der Waals surface area contributed by atoms with Gasteiger partial charge < -0.3 is 14.2 Å². The van der Waals surface area contributed by atoms with Crippen LogP contribution in [0.1, 0.15) is 245 Å². The van der Waals surface area contributed by atoms with E-state index < -0.39 is 6.10 Å². The summed E-state index contributed by atoms with van der Waals surface area (Å²) in [5, 5.41) is 0. The summed E-state index contributed by atoms with van der Waals surface area (Å²) >= 11 is 0. The second kappa shape index (κ2) is 64.3. The molecule has 0 spiro atoms. The van der Waals surface area contributed by atoms with E-state index in [1.54, 1.807) is 0 Å². The van der Waals surface area contributed by atoms with Crippen molar-refractivity contribution in [2.45, 2.75) is 252 Å². The van der Waals surface area contributed by atoms with Crippen molar-refractivity contribution in [2.24, 2.45) is 0 Å². The van der Waals surface area contributed by atoms with Gasteiger partial charge in [-0.2, -0.15) is 0 Å². The van der Waals surface area contributed by atoms with Crippen LogP contribution in [0.5, 0.6) is 0 Å². The third-order valence-corrected chi connectivity index (χ3v) is 12.5. The lowest BCUT2D eigenvalue weighted by molar-refractivity contribution is -0.167. The normalized spacial score (nSPS) is 13.3. The number of unbranched alkanes of at least 4 members (excludes halogenated alkanes) is 15. The fourth-order valence-corrected chi connectivity index (χ4v) is 7.87. The van der Waals surface area contributed by atoms with Gasteiger partial charge in [0.15, 0.2) is 6.10 Å². The second-order valence-corrected chi connectivity index (χ2v) is 19.9. The van der Waals surface area contributed by atoms with E-state index in [4.69, 9.17) is 14.2 Å². The number of carbonyl (C=O) groups excluding carboxylic acids is 3. The molecule has 1 atom stereocenters. The minimum atomic E-state index is -0.820. The highest BCUT2D eigenvalue weighted by Crippen LogP contribution is 2.13. The van der Waals surface area contributed by atoms with Crippen molar-refractivity contribution >= 4 is 17.9 Å². The lowest BCUT2D eigenvalue weighted by Crippen LogP contribution is -2.30. The summed E-state index contributed by atoms with van der Waals surface area (Å²) in [5.41, 5.74) is 0. The number of ether oxygens (including phenoxy) is 3. The molecule has 0 rings (SSSR count). The van der Waals surface area contributed by atoms with Gasteiger partial charge in [0.05, 0.1) is 0 Å². The molecule has 0 aliphatic rings. The van der Waals surface area contributed by atoms with Crippen molar-refractivity contribution in [3.05, 3.63) is 170 Å². The molecular weight excluding hydrogens is 961 g/mol. The average Bonchev–Trinajstić information content (AvgIpc) is 3.44. The van der Waals surface area contributed by atoms with Gasteiger partial charge in [-0.05, 0) is 135 Å². The second-order valence-electron chi connectivity index (χ2n) is 19.9. The van der Waals surface area contributed by atoms with Crippen LogP contribution >= 0.6 is 0 Å². The Morgan fingerprint density at radius 3 is 0.808 bits per heavy atom. The van der Waals surface area contributed by atoms with E-state index in [-0.39, 0.29) is 37.5 Å². The average molecular weight is 1070 g/mol. The Bertz CT molecular complexity index is 1810. The summed E-state index contributed by atoms with van der Waals surface area (Å²) in [6, 6.07) is 0. The number of carbonyl (C=O) groups is 3. The molecule has 0 aromatic carbocycles. The molecular formula is C72H112O6. The standard InChI is InChI=1S/C72H112O6/c1-4-7-10-13-16-19-22-24-26-28-30-32-33-34-35-36-37-38-39-41-42-44-46-48-50-53-56-59-62-65-71(74)77-68-69(67-76-70(73)64-61-58-55-52-21-18-15-12-9-6-3)78-72(75)66-63-60-57-54-51-49-47-45-43-40-31-29-27-25-23-20-17-14-11-8-5-2/h7-8,10-11,16-17,19-20,24-27,30-32,34-35,37-38,40-42,45-48,51,54,69H,4-6,9,12-15,18,21-23,28-29,33,36,39,43-44,49-50,52-53,55-68H2,1-3H3/b10-7-,11-8-,19-16-,20-17-,26-24-,27-25-,32-30-,35-34-,38-37-,40-31-,42-41-,47-45-,48-46-,54-51-. The summed E-state index contributed by atoms with van der Waals surface area (Å²) in [7, 11) is 0. The summed E-state index contributed by atoms with van der Waals surface area (Å²) in [5.74, 6) is -0.989. The molecule has 0 heterocycles. The maximum Gasteiger partial charge on any atom is 0.306 e. The summed E-state index contributed by atoms with van der Waals surface area (Å²) in [4.78, 5) is 38.2. The Morgan fingerprint density at radius 2 is 0.500 bits per heavy atom. The van der Waals surface area contributed by atoms with E-state index >= 15 is 0 Å². The maximum atomic E-state index is 12.9. The van der Waals surface area contributed by atoms with E-state index in [0.717, 1.165) is 154 Å². The van der Waals surface area contributed by atoms with Gasteiger partial charge in [-0.1, -0.05) is 262 Å². The van der Waals surface area contributed by atoms with Gasteiger partial charge in [0.2, 0.25) is 0 Å². The lowest BCUT2D eigenvalue weighted by atomic mass is 10.1. The van der Waals surface area contributed by atoms with Crippen LogP contribution in [0.25, 0.3) is 0 Å². The summed E-state index contributed by atoms with van der Waals surface area (Å²) < 4.78 is 16.8. The molecule has 0 aromatic rings. The minimum Gasteiger partial charge on any atom is -0.462 e. The Labute approximate surface area is 479 Å². The van der Waals surface area contributed by atoms with Gasteiger partial charge in [0.1, 0.15) is 13.2 Å². The predicted octanol–water partition coefficient (Wildman–Crippen LogP) is 21.5. The number of rotatable bonds is 54. The monoisotopic (exact) mass is 1070 g/mol. The zero-order valence-corrected chi connectivity index (χ0v) is 49.9. The highest BCUT2D eigenvalue weighted by Gasteiger charge is 2.19. The number of hydrogen-bond donors (Lipinski definition) is 0. The Balaban J connectivity index is 4.43. The van der Waals surface area contributed by atoms with E-state index in [1.165, 1.54) is 44.9 Å². The topological polar surface area (TPSA) is 78.9 Å². The molecule has 0 radical (unpaired) electrons. The molecule has 0 N–H and O–H groups in total. The first-order valence-electron chi connectivity index (χ1n) is 31.1. The van der Waals surface area contributed by atoms with Crippen LogP contribution in [0.3, 0.4) is 0 Å². The third-order valence-electron chi connectivity index (χ3n) is 12.5. The van der Waals surface area contributed by atoms with Crippen LogP contribution in [0, 0.1) is 0 Å². The predicted molar refractivity (Wildman–Crippen MR) is 338 cm³/mol. The van der Waals surface area contributed by atoms with Gasteiger partial charge >= 0.3 is 17.9 Å². The fraction of sp³-hybridized carbons (Fsp3) is 0.569. The highest BCUT2D eigenvalue weighted by atomic mass is 16.6. The van der Waals surface area contributed by atoms with Crippen molar-refractivity contribution in [1.29, 1.82) is 0 Å². The molecule has 0 fully saturated rings. The van der Waals surface area contributed by atoms with Crippen LogP contribution in [-0.2, 0) is 28.6 Å². The summed E-state index contributed by atoms with van der Waals surface area (Å²) in [6.07, 6.45) is 95.0. The van der Waals surface area contributed by atoms with E-state index in [2.05, 4.69) is 191 Å². The number of esters is 3. The number of allylic oxidation sites excluding steroid dienone is 28. The van der Waals surface area contributed by atoms with Crippen molar-refractivity contribution in [2.75, 3.05) is 13.2 Å². The van der Waals surface area contributed by atoms with Crippen molar-refractivity contribution < 1.29 is 28.6 Å². The maximum absolute atomic E-state index is 12.9. The molecule has 0 saturated carbocycles. The van der Waals surface area contributed by atoms with E-state index in [9.17, 15) is 14.4 Å². The molecule has 1 unspecified atom stereocenters. The largest absolute Gasteiger partial charge is 0.462 e. The first-order chi connectivity index (χ1) is 38.5. The van der Waals surface area contributed by atoms with Crippen LogP contribution in [-0.4, -0.2) is 37.2 Å². The molecule has 78 heavy (non-hydrogen) atoms. The molecule has 436 valence electrons. The fourth-order valence-electron chi connectivity index (χ4n) is 7.87. The quantitative estimate of drug-likeness (QED) is 0.0261. The van der Waals surface area contributed by atoms with Gasteiger partial charge in [-0.15, -0.1) is 0 Å². The Hall–Kier alpha value is -5.23. The minimum absolute atomic E-state index is 0.110. The van der Waals surface area contributed by atoms with E-state index in [0.29, 0.717) is 19.3 Å². The van der Waals surface area contributed by atoms with Gasteiger partial charge in [0, 0.05) is 19.3 Å². The van der Waals surface area contributed by atoms with Crippen molar-refractivity contribution in [1.82, 2.24) is 0 Å². The third kappa shape index (κ3) is 61.6. The first kappa shape index (κ1) is 72.8. The van der Waals surface area contributed by atoms with Crippen LogP contribution < -0.4 is 0 Å². The van der Waals surface area contributed by atoms with Crippen molar-refractivity contribution in [3.63, 3.8) is 0 Å². The van der Waals surface area contributed by atoms with Gasteiger partial charge in [-0.25, -0.2) is 0 Å². The zero-order valence-electron chi connectivity index (χ0n) is 49.9. The Kier molecular flexibility index (Phi) is 60.0. The van der Waals surface area contributed by atoms with Crippen LogP contribution in [0.15, 0.2) is 170 Å². The smallest absolute Gasteiger partial charge is 0.306 e. The molecule has 0 bridgehead atoms. The van der Waals surface area contributed by atoms with Crippen molar-refractivity contribution in [3.8, 4) is 0 Å². The van der Waals surface area contributed by atoms with Crippen LogP contribution in [0.2, 0.25) is 0 Å². The van der Waals surface area contributed by atoms with Gasteiger partial charge in [0.25, 0.3) is 0 Å². The molecule has 6 nitrogen and oxygen atoms in total. The number of hydrogen-bond acceptors (Lipinski definition) is 6. The Morgan fingerprint density at radius 1 is 0.269 bits per heavy atom. The zero-order chi connectivity index (χ0) is 56.4. The molecule has 6 heteroatoms. The van der Waals surface area contributed by atoms with Crippen LogP contribution in [0.4, 0.5) is 0 Å². The molecule has 0 amide bonds. The molecule has 0 aliphatic carbocycles. The SMILES string of the molecule is CC/C=C\C/C=C\C/C=C\C/C=C\C/C=C\C/C=C\C/C=C\C/C=C\CCCCCCC(=O)OCC(COC(=O)CCCCCCCCCCCC)OC(=O)CCCC/C=C\C/C=C\C/C=C\C/C=C\C/C=C\C/C=C\CC. The molecule has 0 aliphatic heterocycles. The van der Waals surface area contributed by atoms with E-state index in [1.807, 2.05) is 0 Å². The first-order valence-corrected chi connectivity index (χ1v) is 31.1. The molecule has 0 saturated heterocycles. The highest BCUT2D eigenvalue weighted by molar-refractivity contribution is 5.71. The lowest BCUT2D eigenvalue weighted by Gasteiger charge is -2.18.